The molecule has 1 fully saturated rings. The summed E-state index contributed by atoms with van der Waals surface area (Å²) in [5, 5.41) is 0. The number of hydrogen-bond donors (Lipinski definition) is 1. The van der Waals surface area contributed by atoms with Gasteiger partial charge in [-0.3, -0.25) is 18.9 Å². The van der Waals surface area contributed by atoms with E-state index in [1.165, 1.54) is 10.8 Å². The maximum absolute atomic E-state index is 14.5. The highest BCUT2D eigenvalue weighted by atomic mass is 31.2. The number of nitrogens with one attached hydrogen (secondary N) is 1. The van der Waals surface area contributed by atoms with Gasteiger partial charge >= 0.3 is 13.5 Å². The molecule has 0 amide bonds. The summed E-state index contributed by atoms with van der Waals surface area (Å²) in [7, 11) is -1.18. The van der Waals surface area contributed by atoms with Crippen molar-refractivity contribution in [1.82, 2.24) is 9.55 Å². The fraction of sp³-hybridized carbons (Fsp3) is 0.209. The number of rotatable bonds is 15. The molecule has 1 N–H and O–H groups in total. The van der Waals surface area contributed by atoms with E-state index >= 15 is 0 Å². The lowest BCUT2D eigenvalue weighted by Gasteiger charge is -2.39. The van der Waals surface area contributed by atoms with Crippen molar-refractivity contribution < 1.29 is 37.1 Å². The van der Waals surface area contributed by atoms with Crippen LogP contribution in [0.2, 0.25) is 0 Å². The largest absolute Gasteiger partial charge is 0.587 e. The normalized spacial score (nSPS) is 16.9. The minimum absolute atomic E-state index is 0.129. The van der Waals surface area contributed by atoms with Crippen LogP contribution in [0.15, 0.2) is 155 Å². The summed E-state index contributed by atoms with van der Waals surface area (Å²) in [6.07, 6.45) is -1.12. The molecule has 1 aliphatic heterocycles. The molecule has 0 radical (unpaired) electrons. The molecule has 1 aromatic heterocycles. The van der Waals surface area contributed by atoms with Crippen molar-refractivity contribution in [2.45, 2.75) is 37.4 Å². The van der Waals surface area contributed by atoms with Crippen LogP contribution in [0, 0.1) is 6.92 Å². The molecule has 5 aromatic carbocycles. The first kappa shape index (κ1) is 38.4. The standard InChI is InChI=1S/C43H41N2O10P/c1-30-28-45(42(47)44-41(30)46)40-27-38(39(52-40)29-51-56(48,54-36-15-9-5-10-16-36)55-37-17-11-6-12-18-37)53-43(31-13-7-4-8-14-31,32-19-23-34(49-2)24-20-32)33-21-25-35(50-3)26-22-33/h4-26,28,38-40H,27,29H2,1-3H3,(H,44,46,47)/t38-,39+,40+/m0/s1. The Morgan fingerprint density at radius 1 is 0.696 bits per heavy atom. The fourth-order valence-corrected chi connectivity index (χ4v) is 7.89. The van der Waals surface area contributed by atoms with Gasteiger partial charge in [-0.25, -0.2) is 9.36 Å². The quantitative estimate of drug-likeness (QED) is 0.0813. The number of phosphoric ester groups is 1. The first-order chi connectivity index (χ1) is 27.2. The number of H-pyrrole nitrogens is 1. The summed E-state index contributed by atoms with van der Waals surface area (Å²) in [4.78, 5) is 28.0. The predicted octanol–water partition coefficient (Wildman–Crippen LogP) is 7.81. The molecule has 56 heavy (non-hydrogen) atoms. The Morgan fingerprint density at radius 2 is 1.18 bits per heavy atom. The van der Waals surface area contributed by atoms with E-state index in [-0.39, 0.29) is 24.5 Å². The third-order valence-electron chi connectivity index (χ3n) is 9.46. The van der Waals surface area contributed by atoms with Gasteiger partial charge < -0.3 is 28.0 Å². The van der Waals surface area contributed by atoms with Gasteiger partial charge in [0.1, 0.15) is 40.9 Å². The Hall–Kier alpha value is -5.91. The zero-order valence-corrected chi connectivity index (χ0v) is 31.9. The molecule has 1 saturated heterocycles. The Bertz CT molecular complexity index is 2280. The minimum atomic E-state index is -4.38. The maximum atomic E-state index is 14.5. The van der Waals surface area contributed by atoms with Crippen molar-refractivity contribution in [2.24, 2.45) is 0 Å². The van der Waals surface area contributed by atoms with Crippen molar-refractivity contribution in [3.8, 4) is 23.0 Å². The number of methoxy groups -OCH3 is 2. The van der Waals surface area contributed by atoms with E-state index in [0.29, 0.717) is 17.1 Å². The first-order valence-corrected chi connectivity index (χ1v) is 19.4. The summed E-state index contributed by atoms with van der Waals surface area (Å²) < 4.78 is 58.8. The molecule has 6 aromatic rings. The number of para-hydroxylation sites is 2. The average molecular weight is 777 g/mol. The van der Waals surface area contributed by atoms with Gasteiger partial charge in [0.25, 0.3) is 5.56 Å². The molecule has 0 bridgehead atoms. The highest BCUT2D eigenvalue weighted by Crippen LogP contribution is 2.51. The molecular weight excluding hydrogens is 735 g/mol. The van der Waals surface area contributed by atoms with Crippen molar-refractivity contribution in [1.29, 1.82) is 0 Å². The van der Waals surface area contributed by atoms with E-state index < -0.39 is 43.1 Å². The highest BCUT2D eigenvalue weighted by molar-refractivity contribution is 7.49. The smallest absolute Gasteiger partial charge is 0.497 e. The fourth-order valence-electron chi connectivity index (χ4n) is 6.66. The third kappa shape index (κ3) is 8.34. The molecule has 12 nitrogen and oxygen atoms in total. The van der Waals surface area contributed by atoms with Crippen LogP contribution in [0.5, 0.6) is 23.0 Å². The summed E-state index contributed by atoms with van der Waals surface area (Å²) >= 11 is 0. The van der Waals surface area contributed by atoms with E-state index in [9.17, 15) is 14.2 Å². The third-order valence-corrected chi connectivity index (χ3v) is 10.8. The summed E-state index contributed by atoms with van der Waals surface area (Å²) in [5.41, 5.74) is 0.198. The second kappa shape index (κ2) is 16.8. The van der Waals surface area contributed by atoms with Crippen LogP contribution in [0.25, 0.3) is 0 Å². The van der Waals surface area contributed by atoms with Crippen LogP contribution < -0.4 is 29.8 Å². The molecule has 1 aliphatic rings. The topological polar surface area (TPSA) is 137 Å². The van der Waals surface area contributed by atoms with Gasteiger partial charge in [-0.05, 0) is 72.1 Å². The molecule has 3 atom stereocenters. The lowest BCUT2D eigenvalue weighted by Crippen LogP contribution is -2.41. The van der Waals surface area contributed by atoms with E-state index in [1.807, 2.05) is 78.9 Å². The summed E-state index contributed by atoms with van der Waals surface area (Å²) in [6, 6.07) is 42.0. The van der Waals surface area contributed by atoms with Crippen molar-refractivity contribution in [2.75, 3.05) is 20.8 Å². The molecule has 0 unspecified atom stereocenters. The number of benzene rings is 5. The number of aromatic nitrogens is 2. The van der Waals surface area contributed by atoms with E-state index in [2.05, 4.69) is 4.98 Å². The van der Waals surface area contributed by atoms with E-state index in [1.54, 1.807) is 81.8 Å². The molecule has 0 spiro atoms. The monoisotopic (exact) mass is 776 g/mol. The van der Waals surface area contributed by atoms with Gasteiger partial charge in [0, 0.05) is 18.2 Å². The Morgan fingerprint density at radius 3 is 1.68 bits per heavy atom. The maximum Gasteiger partial charge on any atom is 0.587 e. The van der Waals surface area contributed by atoms with E-state index in [0.717, 1.165) is 16.7 Å². The van der Waals surface area contributed by atoms with Gasteiger partial charge in [0.15, 0.2) is 0 Å². The molecule has 0 aliphatic carbocycles. The first-order valence-electron chi connectivity index (χ1n) is 17.9. The molecular formula is C43H41N2O10P. The van der Waals surface area contributed by atoms with Gasteiger partial charge in [0.2, 0.25) is 0 Å². The Labute approximate surface area is 323 Å². The van der Waals surface area contributed by atoms with Crippen molar-refractivity contribution in [3.63, 3.8) is 0 Å². The second-order valence-electron chi connectivity index (χ2n) is 13.1. The lowest BCUT2D eigenvalue weighted by atomic mass is 9.79. The van der Waals surface area contributed by atoms with Gasteiger partial charge in [0.05, 0.1) is 26.9 Å². The predicted molar refractivity (Wildman–Crippen MR) is 209 cm³/mol. The van der Waals surface area contributed by atoms with Crippen LogP contribution in [-0.2, 0) is 24.2 Å². The number of nitrogens with zero attached hydrogens (tertiary/aromatic N) is 1. The Balaban J connectivity index is 1.33. The lowest BCUT2D eigenvalue weighted by molar-refractivity contribution is -0.0980. The van der Waals surface area contributed by atoms with Crippen molar-refractivity contribution >= 4 is 7.82 Å². The SMILES string of the molecule is COc1ccc(C(O[C@H]2C[C@H](n3cc(C)c(=O)[nH]c3=O)O[C@@H]2COP(=O)(Oc2ccccc2)Oc2ccccc2)(c2ccccc2)c2ccc(OC)cc2)cc1. The number of aryl methyl sites for hydroxylation is 1. The average Bonchev–Trinajstić information content (AvgIpc) is 3.63. The van der Waals surface area contributed by atoms with Crippen LogP contribution in [0.1, 0.15) is 34.9 Å². The van der Waals surface area contributed by atoms with Crippen LogP contribution in [-0.4, -0.2) is 42.6 Å². The molecule has 288 valence electrons. The van der Waals surface area contributed by atoms with Crippen LogP contribution >= 0.6 is 7.82 Å². The molecule has 2 heterocycles. The zero-order valence-electron chi connectivity index (χ0n) is 31.0. The highest BCUT2D eigenvalue weighted by Gasteiger charge is 2.47. The van der Waals surface area contributed by atoms with Crippen LogP contribution in [0.4, 0.5) is 0 Å². The Kier molecular flexibility index (Phi) is 11.5. The molecule has 0 saturated carbocycles. The van der Waals surface area contributed by atoms with Crippen molar-refractivity contribution in [3.05, 3.63) is 189 Å². The zero-order chi connectivity index (χ0) is 39.1. The number of hydrogen-bond acceptors (Lipinski definition) is 10. The molecule has 13 heteroatoms. The second-order valence-corrected chi connectivity index (χ2v) is 14.6. The van der Waals surface area contributed by atoms with Crippen LogP contribution in [0.3, 0.4) is 0 Å². The molecule has 7 rings (SSSR count). The minimum Gasteiger partial charge on any atom is -0.497 e. The van der Waals surface area contributed by atoms with E-state index in [4.69, 9.17) is 32.5 Å². The summed E-state index contributed by atoms with van der Waals surface area (Å²) in [6.45, 7) is 1.26. The summed E-state index contributed by atoms with van der Waals surface area (Å²) in [5.74, 6) is 1.84. The van der Waals surface area contributed by atoms with Gasteiger partial charge in [-0.2, -0.15) is 0 Å². The number of phosphoric acid groups is 1. The van der Waals surface area contributed by atoms with Gasteiger partial charge in [-0.1, -0.05) is 91.0 Å². The van der Waals surface area contributed by atoms with Gasteiger partial charge in [-0.15, -0.1) is 0 Å². The number of ether oxygens (including phenoxy) is 4. The number of aromatic amines is 1.